The molecule has 0 spiro atoms. The predicted octanol–water partition coefficient (Wildman–Crippen LogP) is 0.705. The van der Waals surface area contributed by atoms with Crippen molar-refractivity contribution in [1.82, 2.24) is 16.0 Å². The molecule has 23 heavy (non-hydrogen) atoms. The minimum absolute atomic E-state index is 0. The van der Waals surface area contributed by atoms with Crippen molar-refractivity contribution < 1.29 is 14.3 Å². The summed E-state index contributed by atoms with van der Waals surface area (Å²) in [4.78, 5) is 23.7. The summed E-state index contributed by atoms with van der Waals surface area (Å²) in [5.74, 6) is 0.842. The van der Waals surface area contributed by atoms with E-state index in [-0.39, 0.29) is 36.7 Å². The molecule has 6 nitrogen and oxygen atoms in total. The van der Waals surface area contributed by atoms with E-state index in [0.717, 1.165) is 24.4 Å². The molecule has 1 fully saturated rings. The Balaban J connectivity index is 0.00000264. The van der Waals surface area contributed by atoms with Gasteiger partial charge >= 0.3 is 0 Å². The molecule has 0 aromatic heterocycles. The highest BCUT2D eigenvalue weighted by Gasteiger charge is 2.28. The minimum atomic E-state index is -0.192. The van der Waals surface area contributed by atoms with Crippen molar-refractivity contribution in [1.29, 1.82) is 0 Å². The fourth-order valence-corrected chi connectivity index (χ4v) is 2.21. The van der Waals surface area contributed by atoms with Gasteiger partial charge in [-0.1, -0.05) is 19.1 Å². The molecule has 0 aliphatic carbocycles. The van der Waals surface area contributed by atoms with Gasteiger partial charge in [0.25, 0.3) is 0 Å². The zero-order valence-electron chi connectivity index (χ0n) is 13.4. The standard InChI is InChI=1S/C16H23N3O3.ClH/c1-11(13-8-17-9-13)16(21)19-10-15(20)18-7-12-3-5-14(22-2)6-4-12;/h3-6,11,13,17H,7-10H2,1-2H3,(H,18,20)(H,19,21);1H. The van der Waals surface area contributed by atoms with Gasteiger partial charge in [0.05, 0.1) is 13.7 Å². The molecule has 7 heteroatoms. The van der Waals surface area contributed by atoms with Crippen LogP contribution in [0.1, 0.15) is 12.5 Å². The Bertz CT molecular complexity index is 518. The van der Waals surface area contributed by atoms with Crippen LogP contribution in [-0.2, 0) is 16.1 Å². The molecule has 3 N–H and O–H groups in total. The van der Waals surface area contributed by atoms with Gasteiger partial charge < -0.3 is 20.7 Å². The highest BCUT2D eigenvalue weighted by Crippen LogP contribution is 2.15. The number of nitrogens with one attached hydrogen (secondary N) is 3. The van der Waals surface area contributed by atoms with Crippen LogP contribution in [0.2, 0.25) is 0 Å². The number of amides is 2. The first kappa shape index (κ1) is 19.3. The summed E-state index contributed by atoms with van der Waals surface area (Å²) in [5.41, 5.74) is 0.981. The van der Waals surface area contributed by atoms with E-state index in [4.69, 9.17) is 4.74 Å². The van der Waals surface area contributed by atoms with Crippen LogP contribution in [0.5, 0.6) is 5.75 Å². The van der Waals surface area contributed by atoms with E-state index in [0.29, 0.717) is 12.5 Å². The quantitative estimate of drug-likeness (QED) is 0.682. The van der Waals surface area contributed by atoms with Gasteiger partial charge in [-0.05, 0) is 36.7 Å². The van der Waals surface area contributed by atoms with Gasteiger partial charge in [0.15, 0.2) is 0 Å². The third kappa shape index (κ3) is 5.73. The number of benzene rings is 1. The highest BCUT2D eigenvalue weighted by molar-refractivity contribution is 5.86. The lowest BCUT2D eigenvalue weighted by molar-refractivity contribution is -0.129. The lowest BCUT2D eigenvalue weighted by Gasteiger charge is -2.31. The summed E-state index contributed by atoms with van der Waals surface area (Å²) < 4.78 is 5.08. The minimum Gasteiger partial charge on any atom is -0.497 e. The fourth-order valence-electron chi connectivity index (χ4n) is 2.21. The first-order valence-corrected chi connectivity index (χ1v) is 7.48. The second-order valence-corrected chi connectivity index (χ2v) is 5.55. The molecule has 1 aliphatic heterocycles. The van der Waals surface area contributed by atoms with Crippen molar-refractivity contribution in [3.05, 3.63) is 29.8 Å². The van der Waals surface area contributed by atoms with Crippen LogP contribution < -0.4 is 20.7 Å². The Morgan fingerprint density at radius 2 is 1.91 bits per heavy atom. The summed E-state index contributed by atoms with van der Waals surface area (Å²) in [6, 6.07) is 7.47. The number of ether oxygens (including phenoxy) is 1. The Hall–Kier alpha value is -1.79. The molecule has 0 saturated carbocycles. The molecule has 1 saturated heterocycles. The fraction of sp³-hybridized carbons (Fsp3) is 0.500. The van der Waals surface area contributed by atoms with Crippen molar-refractivity contribution in [2.75, 3.05) is 26.7 Å². The number of carbonyl (C=O) groups is 2. The second kappa shape index (κ2) is 9.37. The molecule has 128 valence electrons. The monoisotopic (exact) mass is 341 g/mol. The Morgan fingerprint density at radius 3 is 2.43 bits per heavy atom. The number of carbonyl (C=O) groups excluding carboxylic acids is 2. The topological polar surface area (TPSA) is 79.5 Å². The maximum atomic E-state index is 11.9. The van der Waals surface area contributed by atoms with Crippen molar-refractivity contribution in [3.8, 4) is 5.75 Å². The molecule has 1 aromatic carbocycles. The van der Waals surface area contributed by atoms with E-state index in [1.807, 2.05) is 31.2 Å². The van der Waals surface area contributed by atoms with Crippen LogP contribution in [0.3, 0.4) is 0 Å². The third-order valence-electron chi connectivity index (χ3n) is 4.01. The normalized spacial score (nSPS) is 14.9. The van der Waals surface area contributed by atoms with Crippen LogP contribution in [0.15, 0.2) is 24.3 Å². The Labute approximate surface area is 142 Å². The van der Waals surface area contributed by atoms with E-state index < -0.39 is 0 Å². The molecule has 0 bridgehead atoms. The molecule has 1 aromatic rings. The molecule has 2 amide bonds. The van der Waals surface area contributed by atoms with Crippen molar-refractivity contribution in [2.24, 2.45) is 11.8 Å². The summed E-state index contributed by atoms with van der Waals surface area (Å²) in [6.07, 6.45) is 0. The van der Waals surface area contributed by atoms with Gasteiger partial charge in [-0.15, -0.1) is 12.4 Å². The van der Waals surface area contributed by atoms with Crippen LogP contribution in [0.25, 0.3) is 0 Å². The second-order valence-electron chi connectivity index (χ2n) is 5.55. The Kier molecular flexibility index (Phi) is 7.85. The summed E-state index contributed by atoms with van der Waals surface area (Å²) in [7, 11) is 1.61. The predicted molar refractivity (Wildman–Crippen MR) is 90.6 cm³/mol. The zero-order chi connectivity index (χ0) is 15.9. The Morgan fingerprint density at radius 1 is 1.26 bits per heavy atom. The number of hydrogen-bond acceptors (Lipinski definition) is 4. The molecule has 1 unspecified atom stereocenters. The maximum Gasteiger partial charge on any atom is 0.239 e. The number of rotatable bonds is 7. The first-order chi connectivity index (χ1) is 10.6. The van der Waals surface area contributed by atoms with Gasteiger partial charge in [-0.2, -0.15) is 0 Å². The van der Waals surface area contributed by atoms with Crippen LogP contribution in [0.4, 0.5) is 0 Å². The number of hydrogen-bond donors (Lipinski definition) is 3. The van der Waals surface area contributed by atoms with Crippen molar-refractivity contribution in [2.45, 2.75) is 13.5 Å². The molecule has 0 radical (unpaired) electrons. The number of methoxy groups -OCH3 is 1. The van der Waals surface area contributed by atoms with Gasteiger partial charge in [0.2, 0.25) is 11.8 Å². The van der Waals surface area contributed by atoms with Crippen molar-refractivity contribution >= 4 is 24.2 Å². The molecular formula is C16H24ClN3O3. The van der Waals surface area contributed by atoms with E-state index in [9.17, 15) is 9.59 Å². The number of halogens is 1. The largest absolute Gasteiger partial charge is 0.497 e. The van der Waals surface area contributed by atoms with Crippen LogP contribution >= 0.6 is 12.4 Å². The van der Waals surface area contributed by atoms with Crippen LogP contribution in [-0.4, -0.2) is 38.6 Å². The van der Waals surface area contributed by atoms with E-state index in [2.05, 4.69) is 16.0 Å². The lowest BCUT2D eigenvalue weighted by Crippen LogP contribution is -2.50. The van der Waals surface area contributed by atoms with E-state index in [1.165, 1.54) is 0 Å². The summed E-state index contributed by atoms with van der Waals surface area (Å²) in [6.45, 7) is 4.09. The highest BCUT2D eigenvalue weighted by atomic mass is 35.5. The summed E-state index contributed by atoms with van der Waals surface area (Å²) >= 11 is 0. The maximum absolute atomic E-state index is 11.9. The van der Waals surface area contributed by atoms with Gasteiger partial charge in [0.1, 0.15) is 5.75 Å². The summed E-state index contributed by atoms with van der Waals surface area (Å²) in [5, 5.41) is 8.61. The molecule has 1 aliphatic rings. The van der Waals surface area contributed by atoms with Crippen molar-refractivity contribution in [3.63, 3.8) is 0 Å². The third-order valence-corrected chi connectivity index (χ3v) is 4.01. The van der Waals surface area contributed by atoms with Gasteiger partial charge in [-0.25, -0.2) is 0 Å². The molecule has 1 atom stereocenters. The molecule has 1 heterocycles. The average molecular weight is 342 g/mol. The zero-order valence-corrected chi connectivity index (χ0v) is 14.2. The average Bonchev–Trinajstić information content (AvgIpc) is 2.49. The van der Waals surface area contributed by atoms with E-state index in [1.54, 1.807) is 7.11 Å². The van der Waals surface area contributed by atoms with E-state index >= 15 is 0 Å². The first-order valence-electron chi connectivity index (χ1n) is 7.48. The lowest BCUT2D eigenvalue weighted by atomic mass is 9.88. The van der Waals surface area contributed by atoms with Gasteiger partial charge in [0, 0.05) is 12.5 Å². The smallest absolute Gasteiger partial charge is 0.239 e. The van der Waals surface area contributed by atoms with Crippen LogP contribution in [0, 0.1) is 11.8 Å². The molecule has 2 rings (SSSR count). The van der Waals surface area contributed by atoms with Gasteiger partial charge in [-0.3, -0.25) is 9.59 Å². The molecular weight excluding hydrogens is 318 g/mol. The SMILES string of the molecule is COc1ccc(CNC(=O)CNC(=O)C(C)C2CNC2)cc1.Cl.